The molecule has 164 valence electrons. The van der Waals surface area contributed by atoms with Crippen LogP contribution in [0.25, 0.3) is 0 Å². The third-order valence-electron chi connectivity index (χ3n) is 4.72. The third kappa shape index (κ3) is 6.30. The van der Waals surface area contributed by atoms with E-state index in [9.17, 15) is 21.6 Å². The Labute approximate surface area is 179 Å². The van der Waals surface area contributed by atoms with Gasteiger partial charge in [-0.1, -0.05) is 38.1 Å². The second kappa shape index (κ2) is 9.18. The molecule has 1 amide bonds. The van der Waals surface area contributed by atoms with Crippen molar-refractivity contribution in [2.45, 2.75) is 37.6 Å². The highest BCUT2D eigenvalue weighted by molar-refractivity contribution is 7.92. The second-order valence-electron chi connectivity index (χ2n) is 7.65. The van der Waals surface area contributed by atoms with Crippen molar-refractivity contribution in [1.82, 2.24) is 5.32 Å². The number of carbonyl (C=O) groups excluding carboxylic acids is 1. The van der Waals surface area contributed by atoms with Crippen molar-refractivity contribution in [1.29, 1.82) is 0 Å². The number of sulfonamides is 1. The van der Waals surface area contributed by atoms with Crippen LogP contribution in [-0.4, -0.2) is 41.8 Å². The predicted molar refractivity (Wildman–Crippen MR) is 119 cm³/mol. The first-order valence-corrected chi connectivity index (χ1v) is 13.2. The summed E-state index contributed by atoms with van der Waals surface area (Å²) in [5, 5.41) is 2.76. The van der Waals surface area contributed by atoms with Crippen molar-refractivity contribution in [2.75, 3.05) is 23.4 Å². The lowest BCUT2D eigenvalue weighted by atomic mass is 10.0. The predicted octanol–water partition coefficient (Wildman–Crippen LogP) is 2.86. The van der Waals surface area contributed by atoms with Crippen molar-refractivity contribution in [2.24, 2.45) is 0 Å². The highest BCUT2D eigenvalue weighted by Crippen LogP contribution is 2.22. The van der Waals surface area contributed by atoms with Crippen molar-refractivity contribution in [3.05, 3.63) is 59.7 Å². The lowest BCUT2D eigenvalue weighted by Gasteiger charge is -2.23. The lowest BCUT2D eigenvalue weighted by Crippen LogP contribution is -2.41. The van der Waals surface area contributed by atoms with E-state index in [1.165, 1.54) is 12.1 Å². The van der Waals surface area contributed by atoms with Crippen LogP contribution in [0.1, 0.15) is 43.9 Å². The number of amides is 1. The van der Waals surface area contributed by atoms with Gasteiger partial charge in [-0.15, -0.1) is 0 Å². The van der Waals surface area contributed by atoms with Gasteiger partial charge in [0.15, 0.2) is 9.84 Å². The summed E-state index contributed by atoms with van der Waals surface area (Å²) >= 11 is 0. The average Bonchev–Trinajstić information content (AvgIpc) is 2.64. The maximum absolute atomic E-state index is 12.5. The number of hydrogen-bond acceptors (Lipinski definition) is 5. The van der Waals surface area contributed by atoms with Gasteiger partial charge in [0.2, 0.25) is 15.9 Å². The lowest BCUT2D eigenvalue weighted by molar-refractivity contribution is -0.120. The number of nitrogens with one attached hydrogen (secondary N) is 1. The van der Waals surface area contributed by atoms with Gasteiger partial charge in [-0.25, -0.2) is 16.8 Å². The Bertz CT molecular complexity index is 1090. The number of carbonyl (C=O) groups is 1. The van der Waals surface area contributed by atoms with Crippen LogP contribution in [0.15, 0.2) is 53.4 Å². The minimum Gasteiger partial charge on any atom is -0.348 e. The molecular weight excluding hydrogens is 424 g/mol. The van der Waals surface area contributed by atoms with Crippen LogP contribution in [-0.2, 0) is 24.7 Å². The second-order valence-corrected chi connectivity index (χ2v) is 11.6. The smallest absolute Gasteiger partial charge is 0.241 e. The van der Waals surface area contributed by atoms with Crippen LogP contribution in [0.5, 0.6) is 0 Å². The van der Waals surface area contributed by atoms with Gasteiger partial charge in [0.1, 0.15) is 6.54 Å². The number of benzene rings is 2. The molecular formula is C21H28N2O5S2. The minimum atomic E-state index is -3.66. The molecule has 0 bridgehead atoms. The van der Waals surface area contributed by atoms with E-state index in [1.807, 2.05) is 26.0 Å². The summed E-state index contributed by atoms with van der Waals surface area (Å²) in [4.78, 5) is 12.7. The molecule has 0 aliphatic carbocycles. The van der Waals surface area contributed by atoms with Gasteiger partial charge in [-0.05, 0) is 48.2 Å². The van der Waals surface area contributed by atoms with E-state index in [4.69, 9.17) is 0 Å². The first-order chi connectivity index (χ1) is 13.8. The van der Waals surface area contributed by atoms with E-state index in [0.29, 0.717) is 17.2 Å². The molecule has 30 heavy (non-hydrogen) atoms. The number of rotatable bonds is 8. The first kappa shape index (κ1) is 23.9. The third-order valence-corrected chi connectivity index (χ3v) is 6.99. The van der Waals surface area contributed by atoms with Gasteiger partial charge in [0.25, 0.3) is 0 Å². The SMILES string of the molecule is CC(C)c1ccc(N(CC(=O)NC(C)c2ccc(S(C)(=O)=O)cc2)S(C)(=O)=O)cc1. The minimum absolute atomic E-state index is 0.192. The summed E-state index contributed by atoms with van der Waals surface area (Å²) < 4.78 is 48.7. The fraction of sp³-hybridized carbons (Fsp3) is 0.381. The highest BCUT2D eigenvalue weighted by Gasteiger charge is 2.22. The molecule has 2 rings (SSSR count). The molecule has 0 heterocycles. The maximum atomic E-state index is 12.5. The normalized spacial score (nSPS) is 13.1. The number of hydrogen-bond donors (Lipinski definition) is 1. The molecule has 0 saturated heterocycles. The van der Waals surface area contributed by atoms with Gasteiger partial charge in [-0.3, -0.25) is 9.10 Å². The molecule has 0 fully saturated rings. The monoisotopic (exact) mass is 452 g/mol. The summed E-state index contributed by atoms with van der Waals surface area (Å²) in [5.74, 6) is -0.156. The quantitative estimate of drug-likeness (QED) is 0.664. The molecule has 0 spiro atoms. The molecule has 7 nitrogen and oxygen atoms in total. The number of anilines is 1. The van der Waals surface area contributed by atoms with Crippen molar-refractivity contribution in [3.8, 4) is 0 Å². The molecule has 0 radical (unpaired) electrons. The molecule has 1 atom stereocenters. The Hall–Kier alpha value is -2.39. The molecule has 2 aromatic carbocycles. The van der Waals surface area contributed by atoms with Crippen LogP contribution >= 0.6 is 0 Å². The van der Waals surface area contributed by atoms with Crippen LogP contribution < -0.4 is 9.62 Å². The largest absolute Gasteiger partial charge is 0.348 e. The highest BCUT2D eigenvalue weighted by atomic mass is 32.2. The molecule has 2 aromatic rings. The van der Waals surface area contributed by atoms with Gasteiger partial charge in [0.05, 0.1) is 22.9 Å². The van der Waals surface area contributed by atoms with Crippen LogP contribution in [0.3, 0.4) is 0 Å². The molecule has 1 N–H and O–H groups in total. The molecule has 0 aliphatic rings. The molecule has 0 saturated carbocycles. The molecule has 0 aliphatic heterocycles. The standard InChI is InChI=1S/C21H28N2O5S2/c1-15(2)17-6-10-19(11-7-17)23(30(5,27)28)14-21(24)22-16(3)18-8-12-20(13-9-18)29(4,25)26/h6-13,15-16H,14H2,1-5H3,(H,22,24). The van der Waals surface area contributed by atoms with Crippen LogP contribution in [0.2, 0.25) is 0 Å². The average molecular weight is 453 g/mol. The zero-order valence-electron chi connectivity index (χ0n) is 17.8. The molecule has 0 aromatic heterocycles. The Morgan fingerprint density at radius 1 is 0.867 bits per heavy atom. The first-order valence-electron chi connectivity index (χ1n) is 9.46. The summed E-state index contributed by atoms with van der Waals surface area (Å²) in [6, 6.07) is 12.9. The van der Waals surface area contributed by atoms with Crippen molar-refractivity contribution >= 4 is 31.5 Å². The van der Waals surface area contributed by atoms with E-state index in [2.05, 4.69) is 5.32 Å². The van der Waals surface area contributed by atoms with Gasteiger partial charge >= 0.3 is 0 Å². The van der Waals surface area contributed by atoms with E-state index in [1.54, 1.807) is 31.2 Å². The van der Waals surface area contributed by atoms with Crippen molar-refractivity contribution < 1.29 is 21.6 Å². The number of nitrogens with zero attached hydrogens (tertiary/aromatic N) is 1. The fourth-order valence-corrected chi connectivity index (χ4v) is 4.42. The zero-order chi connectivity index (χ0) is 22.7. The van der Waals surface area contributed by atoms with E-state index in [-0.39, 0.29) is 11.4 Å². The Balaban J connectivity index is 2.14. The van der Waals surface area contributed by atoms with Gasteiger partial charge < -0.3 is 5.32 Å². The van der Waals surface area contributed by atoms with Crippen LogP contribution in [0.4, 0.5) is 5.69 Å². The van der Waals surface area contributed by atoms with E-state index in [0.717, 1.165) is 22.4 Å². The Kier molecular flexibility index (Phi) is 7.31. The molecule has 1 unspecified atom stereocenters. The summed E-state index contributed by atoms with van der Waals surface area (Å²) in [5.41, 5.74) is 2.20. The van der Waals surface area contributed by atoms with Crippen molar-refractivity contribution in [3.63, 3.8) is 0 Å². The van der Waals surface area contributed by atoms with Crippen LogP contribution in [0, 0.1) is 0 Å². The van der Waals surface area contributed by atoms with Gasteiger partial charge in [0, 0.05) is 6.26 Å². The summed E-state index contributed by atoms with van der Waals surface area (Å²) in [6.07, 6.45) is 2.19. The molecule has 9 heteroatoms. The Morgan fingerprint density at radius 2 is 1.37 bits per heavy atom. The van der Waals surface area contributed by atoms with E-state index >= 15 is 0 Å². The Morgan fingerprint density at radius 3 is 1.80 bits per heavy atom. The number of sulfone groups is 1. The van der Waals surface area contributed by atoms with E-state index < -0.39 is 31.8 Å². The zero-order valence-corrected chi connectivity index (χ0v) is 19.4. The fourth-order valence-electron chi connectivity index (χ4n) is 2.93. The summed E-state index contributed by atoms with van der Waals surface area (Å²) in [7, 11) is -6.96. The topological polar surface area (TPSA) is 101 Å². The maximum Gasteiger partial charge on any atom is 0.241 e. The summed E-state index contributed by atoms with van der Waals surface area (Å²) in [6.45, 7) is 5.47. The van der Waals surface area contributed by atoms with Gasteiger partial charge in [-0.2, -0.15) is 0 Å².